The summed E-state index contributed by atoms with van der Waals surface area (Å²) in [6, 6.07) is 21.7. The molecule has 8 nitrogen and oxygen atoms in total. The van der Waals surface area contributed by atoms with Gasteiger partial charge in [0.25, 0.3) is 5.24 Å². The maximum absolute atomic E-state index is 11.8. The first kappa shape index (κ1) is 27.6. The molecule has 1 aliphatic rings. The maximum atomic E-state index is 11.8. The van der Waals surface area contributed by atoms with Crippen molar-refractivity contribution in [3.8, 4) is 17.2 Å². The van der Waals surface area contributed by atoms with Gasteiger partial charge in [0, 0.05) is 31.9 Å². The van der Waals surface area contributed by atoms with Gasteiger partial charge in [-0.1, -0.05) is 37.7 Å². The first-order valence-corrected chi connectivity index (χ1v) is 14.4. The molecule has 1 aliphatic heterocycles. The van der Waals surface area contributed by atoms with Crippen LogP contribution in [0.2, 0.25) is 0 Å². The summed E-state index contributed by atoms with van der Waals surface area (Å²) < 4.78 is 14.2. The van der Waals surface area contributed by atoms with Gasteiger partial charge < -0.3 is 18.9 Å². The van der Waals surface area contributed by atoms with Gasteiger partial charge in [0.1, 0.15) is 29.7 Å². The zero-order valence-corrected chi connectivity index (χ0v) is 24.0. The molecule has 5 rings (SSSR count). The van der Waals surface area contributed by atoms with Crippen LogP contribution in [-0.4, -0.2) is 39.0 Å². The van der Waals surface area contributed by atoms with Crippen molar-refractivity contribution in [2.45, 2.75) is 39.0 Å². The van der Waals surface area contributed by atoms with Gasteiger partial charge in [-0.25, -0.2) is 4.98 Å². The Hall–Kier alpha value is -3.98. The van der Waals surface area contributed by atoms with E-state index in [0.29, 0.717) is 24.7 Å². The monoisotopic (exact) mass is 558 g/mol. The standard InChI is InChI=1S/C31H34N4O4S/c1-5-35(18-20(2)3)22-8-12-24(13-9-22)39-25-14-15-26-27(17-25)34(4)29(32-26)19-38-23-10-6-21(7-11-23)16-28-30(36)33-31(37)40-28/h6-15,17,20,28H,5,16,18-19H2,1-4H3,(H,33,36,37). The summed E-state index contributed by atoms with van der Waals surface area (Å²) in [5.41, 5.74) is 3.99. The molecule has 0 aliphatic carbocycles. The number of nitrogens with zero attached hydrogens (tertiary/aromatic N) is 3. The number of carbonyl (C=O) groups is 2. The molecular weight excluding hydrogens is 524 g/mol. The zero-order chi connectivity index (χ0) is 28.2. The molecule has 4 aromatic rings. The van der Waals surface area contributed by atoms with E-state index in [1.807, 2.05) is 66.2 Å². The van der Waals surface area contributed by atoms with E-state index in [4.69, 9.17) is 14.5 Å². The van der Waals surface area contributed by atoms with Crippen LogP contribution in [0.3, 0.4) is 0 Å². The Bertz CT molecular complexity index is 1500. The lowest BCUT2D eigenvalue weighted by Gasteiger charge is -2.25. The van der Waals surface area contributed by atoms with Crippen molar-refractivity contribution in [2.75, 3.05) is 18.0 Å². The molecule has 0 radical (unpaired) electrons. The van der Waals surface area contributed by atoms with E-state index in [1.165, 1.54) is 5.69 Å². The average molecular weight is 559 g/mol. The van der Waals surface area contributed by atoms with Gasteiger partial charge in [-0.3, -0.25) is 14.9 Å². The van der Waals surface area contributed by atoms with Crippen LogP contribution in [0.25, 0.3) is 11.0 Å². The minimum atomic E-state index is -0.381. The second-order valence-corrected chi connectivity index (χ2v) is 11.5. The largest absolute Gasteiger partial charge is 0.486 e. The van der Waals surface area contributed by atoms with Crippen LogP contribution in [0.15, 0.2) is 66.7 Å². The predicted octanol–water partition coefficient (Wildman–Crippen LogP) is 6.32. The van der Waals surface area contributed by atoms with E-state index < -0.39 is 0 Å². The number of thioether (sulfide) groups is 1. The number of ether oxygens (including phenoxy) is 2. The average Bonchev–Trinajstić information content (AvgIpc) is 3.43. The molecule has 3 aromatic carbocycles. The first-order valence-electron chi connectivity index (χ1n) is 13.5. The fourth-order valence-corrected chi connectivity index (χ4v) is 5.60. The number of fused-ring (bicyclic) bond motifs is 1. The lowest BCUT2D eigenvalue weighted by atomic mass is 10.1. The quantitative estimate of drug-likeness (QED) is 0.231. The van der Waals surface area contributed by atoms with Crippen molar-refractivity contribution in [1.29, 1.82) is 0 Å². The van der Waals surface area contributed by atoms with E-state index in [0.717, 1.165) is 58.8 Å². The lowest BCUT2D eigenvalue weighted by Crippen LogP contribution is -2.26. The molecule has 208 valence electrons. The summed E-state index contributed by atoms with van der Waals surface area (Å²) in [5.74, 6) is 3.40. The SMILES string of the molecule is CCN(CC(C)C)c1ccc(Oc2ccc3nc(COc4ccc(CC5SC(=O)NC5=O)cc4)n(C)c3c2)cc1. The van der Waals surface area contributed by atoms with Gasteiger partial charge in [-0.05, 0) is 73.4 Å². The lowest BCUT2D eigenvalue weighted by molar-refractivity contribution is -0.118. The van der Waals surface area contributed by atoms with Gasteiger partial charge >= 0.3 is 0 Å². The van der Waals surface area contributed by atoms with Crippen molar-refractivity contribution in [3.63, 3.8) is 0 Å². The molecular formula is C31H34N4O4S. The summed E-state index contributed by atoms with van der Waals surface area (Å²) >= 11 is 1.04. The molecule has 1 aromatic heterocycles. The molecule has 1 atom stereocenters. The number of hydrogen-bond acceptors (Lipinski definition) is 7. The van der Waals surface area contributed by atoms with E-state index >= 15 is 0 Å². The van der Waals surface area contributed by atoms with Gasteiger partial charge in [0.15, 0.2) is 0 Å². The fourth-order valence-electron chi connectivity index (χ4n) is 4.74. The highest BCUT2D eigenvalue weighted by Crippen LogP contribution is 2.29. The molecule has 9 heteroatoms. The number of imidazole rings is 1. The van der Waals surface area contributed by atoms with Crippen molar-refractivity contribution >= 4 is 39.6 Å². The molecule has 40 heavy (non-hydrogen) atoms. The van der Waals surface area contributed by atoms with Gasteiger partial charge in [0.2, 0.25) is 5.91 Å². The third kappa shape index (κ3) is 6.42. The maximum Gasteiger partial charge on any atom is 0.286 e. The Balaban J connectivity index is 1.21. The number of imide groups is 1. The van der Waals surface area contributed by atoms with E-state index in [1.54, 1.807) is 0 Å². The number of rotatable bonds is 11. The van der Waals surface area contributed by atoms with E-state index in [2.05, 4.69) is 43.1 Å². The number of amides is 2. The third-order valence-electron chi connectivity index (χ3n) is 6.83. The number of anilines is 1. The topological polar surface area (TPSA) is 85.7 Å². The molecule has 0 spiro atoms. The fraction of sp³-hybridized carbons (Fsp3) is 0.323. The normalized spacial score (nSPS) is 15.1. The highest BCUT2D eigenvalue weighted by atomic mass is 32.2. The molecule has 1 saturated heterocycles. The minimum Gasteiger partial charge on any atom is -0.486 e. The Morgan fingerprint density at radius 1 is 1.00 bits per heavy atom. The number of nitrogens with one attached hydrogen (secondary N) is 1. The van der Waals surface area contributed by atoms with Crippen molar-refractivity contribution < 1.29 is 19.1 Å². The molecule has 0 saturated carbocycles. The second kappa shape index (κ2) is 12.0. The van der Waals surface area contributed by atoms with Crippen LogP contribution in [0.1, 0.15) is 32.2 Å². The Kier molecular flexibility index (Phi) is 8.30. The molecule has 2 amide bonds. The van der Waals surface area contributed by atoms with Crippen molar-refractivity contribution in [3.05, 3.63) is 78.1 Å². The molecule has 2 heterocycles. The zero-order valence-electron chi connectivity index (χ0n) is 23.2. The van der Waals surface area contributed by atoms with E-state index in [9.17, 15) is 9.59 Å². The molecule has 1 unspecified atom stereocenters. The van der Waals surface area contributed by atoms with Crippen LogP contribution in [0.5, 0.6) is 17.2 Å². The van der Waals surface area contributed by atoms with Gasteiger partial charge in [-0.2, -0.15) is 0 Å². The summed E-state index contributed by atoms with van der Waals surface area (Å²) in [7, 11) is 1.97. The highest BCUT2D eigenvalue weighted by molar-refractivity contribution is 8.15. The smallest absolute Gasteiger partial charge is 0.286 e. The number of aryl methyl sites for hydroxylation is 1. The Morgan fingerprint density at radius 3 is 2.35 bits per heavy atom. The number of hydrogen-bond donors (Lipinski definition) is 1. The second-order valence-electron chi connectivity index (χ2n) is 10.3. The van der Waals surface area contributed by atoms with Crippen LogP contribution in [-0.2, 0) is 24.9 Å². The number of aromatic nitrogens is 2. The van der Waals surface area contributed by atoms with Crippen LogP contribution in [0.4, 0.5) is 10.5 Å². The number of benzene rings is 3. The van der Waals surface area contributed by atoms with Gasteiger partial charge in [0.05, 0.1) is 16.3 Å². The summed E-state index contributed by atoms with van der Waals surface area (Å²) in [4.78, 5) is 30.3. The van der Waals surface area contributed by atoms with Crippen LogP contribution >= 0.6 is 11.8 Å². The van der Waals surface area contributed by atoms with Crippen molar-refractivity contribution in [1.82, 2.24) is 14.9 Å². The molecule has 1 N–H and O–H groups in total. The Morgan fingerprint density at radius 2 is 1.70 bits per heavy atom. The van der Waals surface area contributed by atoms with Gasteiger partial charge in [-0.15, -0.1) is 0 Å². The predicted molar refractivity (Wildman–Crippen MR) is 159 cm³/mol. The minimum absolute atomic E-state index is 0.232. The summed E-state index contributed by atoms with van der Waals surface area (Å²) in [6.07, 6.45) is 0.497. The number of carbonyl (C=O) groups excluding carboxylic acids is 2. The Labute approximate surface area is 238 Å². The van der Waals surface area contributed by atoms with Crippen LogP contribution in [0, 0.1) is 5.92 Å². The molecule has 1 fully saturated rings. The van der Waals surface area contributed by atoms with Crippen molar-refractivity contribution in [2.24, 2.45) is 13.0 Å². The third-order valence-corrected chi connectivity index (χ3v) is 7.81. The first-order chi connectivity index (χ1) is 19.3. The van der Waals surface area contributed by atoms with Crippen LogP contribution < -0.4 is 19.7 Å². The summed E-state index contributed by atoms with van der Waals surface area (Å²) in [6.45, 7) is 8.94. The van der Waals surface area contributed by atoms with E-state index in [-0.39, 0.29) is 16.4 Å². The highest BCUT2D eigenvalue weighted by Gasteiger charge is 2.31. The molecule has 0 bridgehead atoms. The summed E-state index contributed by atoms with van der Waals surface area (Å²) in [5, 5.41) is 1.66.